The summed E-state index contributed by atoms with van der Waals surface area (Å²) in [5.74, 6) is -0.391. The lowest BCUT2D eigenvalue weighted by atomic mass is 9.87. The maximum atomic E-state index is 10.4. The van der Waals surface area contributed by atoms with Crippen molar-refractivity contribution in [3.63, 3.8) is 0 Å². The van der Waals surface area contributed by atoms with Crippen LogP contribution in [0, 0.1) is 5.92 Å². The highest BCUT2D eigenvalue weighted by Crippen LogP contribution is 2.40. The fourth-order valence-electron chi connectivity index (χ4n) is 2.18. The molecule has 3 nitrogen and oxygen atoms in total. The predicted octanol–water partition coefficient (Wildman–Crippen LogP) is 1.03. The number of rotatable bonds is 2. The topological polar surface area (TPSA) is 46.5 Å². The molecule has 0 aromatic rings. The van der Waals surface area contributed by atoms with Gasteiger partial charge in [0.25, 0.3) is 0 Å². The second-order valence-corrected chi connectivity index (χ2v) is 3.47. The SMILES string of the molecule is O=C(O)CC1C[C@@H]2CC[C@H]1O2. The number of hydrogen-bond donors (Lipinski definition) is 1. The van der Waals surface area contributed by atoms with E-state index in [0.29, 0.717) is 18.4 Å². The normalized spacial score (nSPS) is 41.3. The molecule has 2 saturated heterocycles. The molecule has 2 aliphatic heterocycles. The summed E-state index contributed by atoms with van der Waals surface area (Å²) in [7, 11) is 0. The van der Waals surface area contributed by atoms with Gasteiger partial charge < -0.3 is 9.84 Å². The molecule has 1 N–H and O–H groups in total. The van der Waals surface area contributed by atoms with Gasteiger partial charge in [0.2, 0.25) is 0 Å². The van der Waals surface area contributed by atoms with Crippen molar-refractivity contribution >= 4 is 5.97 Å². The van der Waals surface area contributed by atoms with E-state index in [1.165, 1.54) is 0 Å². The highest BCUT2D eigenvalue weighted by molar-refractivity contribution is 5.67. The second kappa shape index (κ2) is 2.48. The Morgan fingerprint density at radius 2 is 2.36 bits per heavy atom. The first-order valence-electron chi connectivity index (χ1n) is 4.13. The second-order valence-electron chi connectivity index (χ2n) is 3.47. The van der Waals surface area contributed by atoms with Gasteiger partial charge in [0, 0.05) is 0 Å². The van der Waals surface area contributed by atoms with E-state index in [2.05, 4.69) is 0 Å². The Morgan fingerprint density at radius 3 is 2.82 bits per heavy atom. The van der Waals surface area contributed by atoms with Crippen LogP contribution in [-0.2, 0) is 9.53 Å². The van der Waals surface area contributed by atoms with E-state index in [9.17, 15) is 4.79 Å². The fourth-order valence-corrected chi connectivity index (χ4v) is 2.18. The van der Waals surface area contributed by atoms with Crippen LogP contribution in [0.1, 0.15) is 25.7 Å². The molecular formula is C8H12O3. The molecule has 0 aliphatic carbocycles. The molecule has 0 amide bonds. The molecule has 2 bridgehead atoms. The Morgan fingerprint density at radius 1 is 1.55 bits per heavy atom. The Bertz CT molecular complexity index is 178. The fraction of sp³-hybridized carbons (Fsp3) is 0.875. The van der Waals surface area contributed by atoms with Crippen molar-refractivity contribution in [3.05, 3.63) is 0 Å². The van der Waals surface area contributed by atoms with Crippen molar-refractivity contribution < 1.29 is 14.6 Å². The molecule has 3 heteroatoms. The van der Waals surface area contributed by atoms with Crippen molar-refractivity contribution in [1.29, 1.82) is 0 Å². The largest absolute Gasteiger partial charge is 0.481 e. The molecule has 2 aliphatic rings. The summed E-state index contributed by atoms with van der Waals surface area (Å²) in [5.41, 5.74) is 0. The number of carboxylic acids is 1. The minimum atomic E-state index is -0.689. The van der Waals surface area contributed by atoms with E-state index in [4.69, 9.17) is 9.84 Å². The van der Waals surface area contributed by atoms with Crippen LogP contribution in [0.15, 0.2) is 0 Å². The third-order valence-corrected chi connectivity index (χ3v) is 2.67. The summed E-state index contributed by atoms with van der Waals surface area (Å²) < 4.78 is 5.52. The van der Waals surface area contributed by atoms with Crippen molar-refractivity contribution in [3.8, 4) is 0 Å². The average molecular weight is 156 g/mol. The Balaban J connectivity index is 1.92. The number of hydrogen-bond acceptors (Lipinski definition) is 2. The maximum absolute atomic E-state index is 10.4. The van der Waals surface area contributed by atoms with Crippen LogP contribution in [0.3, 0.4) is 0 Å². The summed E-state index contributed by atoms with van der Waals surface area (Å²) in [6, 6.07) is 0. The van der Waals surface area contributed by atoms with Crippen LogP contribution in [0.25, 0.3) is 0 Å². The van der Waals surface area contributed by atoms with Crippen LogP contribution in [0.2, 0.25) is 0 Å². The molecule has 62 valence electrons. The minimum Gasteiger partial charge on any atom is -0.481 e. The zero-order valence-corrected chi connectivity index (χ0v) is 6.32. The third kappa shape index (κ3) is 1.25. The van der Waals surface area contributed by atoms with Crippen molar-refractivity contribution in [2.75, 3.05) is 0 Å². The van der Waals surface area contributed by atoms with E-state index in [1.807, 2.05) is 0 Å². The highest BCUT2D eigenvalue weighted by Gasteiger charge is 2.41. The van der Waals surface area contributed by atoms with E-state index >= 15 is 0 Å². The van der Waals surface area contributed by atoms with Gasteiger partial charge in [-0.05, 0) is 25.2 Å². The Labute approximate surface area is 65.4 Å². The molecule has 0 radical (unpaired) electrons. The van der Waals surface area contributed by atoms with E-state index in [1.54, 1.807) is 0 Å². The first-order valence-corrected chi connectivity index (χ1v) is 4.13. The zero-order chi connectivity index (χ0) is 7.84. The smallest absolute Gasteiger partial charge is 0.303 e. The quantitative estimate of drug-likeness (QED) is 0.649. The van der Waals surface area contributed by atoms with Gasteiger partial charge in [-0.25, -0.2) is 0 Å². The summed E-state index contributed by atoms with van der Waals surface area (Å²) >= 11 is 0. The molecule has 0 aromatic heterocycles. The van der Waals surface area contributed by atoms with Gasteiger partial charge in [-0.3, -0.25) is 4.79 Å². The molecule has 0 spiro atoms. The van der Waals surface area contributed by atoms with E-state index in [0.717, 1.165) is 19.3 Å². The van der Waals surface area contributed by atoms with Gasteiger partial charge in [-0.15, -0.1) is 0 Å². The zero-order valence-electron chi connectivity index (χ0n) is 6.32. The molecule has 2 rings (SSSR count). The molecule has 2 heterocycles. The lowest BCUT2D eigenvalue weighted by Crippen LogP contribution is -2.19. The van der Waals surface area contributed by atoms with Crippen LogP contribution < -0.4 is 0 Å². The molecule has 11 heavy (non-hydrogen) atoms. The first kappa shape index (κ1) is 7.10. The van der Waals surface area contributed by atoms with E-state index < -0.39 is 5.97 Å². The summed E-state index contributed by atoms with van der Waals surface area (Å²) in [5, 5.41) is 8.55. The van der Waals surface area contributed by atoms with Gasteiger partial charge in [-0.2, -0.15) is 0 Å². The first-order chi connectivity index (χ1) is 5.25. The maximum Gasteiger partial charge on any atom is 0.303 e. The molecule has 0 saturated carbocycles. The number of fused-ring (bicyclic) bond motifs is 2. The van der Waals surface area contributed by atoms with Crippen molar-refractivity contribution in [2.24, 2.45) is 5.92 Å². The molecule has 3 atom stereocenters. The van der Waals surface area contributed by atoms with Gasteiger partial charge in [-0.1, -0.05) is 0 Å². The monoisotopic (exact) mass is 156 g/mol. The van der Waals surface area contributed by atoms with Crippen molar-refractivity contribution in [1.82, 2.24) is 0 Å². The predicted molar refractivity (Wildman–Crippen MR) is 38.3 cm³/mol. The third-order valence-electron chi connectivity index (χ3n) is 2.67. The number of carbonyl (C=O) groups is 1. The van der Waals surface area contributed by atoms with E-state index in [-0.39, 0.29) is 6.10 Å². The minimum absolute atomic E-state index is 0.260. The Hall–Kier alpha value is -0.570. The number of ether oxygens (including phenoxy) is 1. The van der Waals surface area contributed by atoms with Gasteiger partial charge in [0.1, 0.15) is 0 Å². The van der Waals surface area contributed by atoms with Crippen molar-refractivity contribution in [2.45, 2.75) is 37.9 Å². The van der Waals surface area contributed by atoms with Crippen LogP contribution >= 0.6 is 0 Å². The lowest BCUT2D eigenvalue weighted by molar-refractivity contribution is -0.138. The van der Waals surface area contributed by atoms with Gasteiger partial charge in [0.05, 0.1) is 18.6 Å². The molecule has 0 aromatic carbocycles. The average Bonchev–Trinajstić information content (AvgIpc) is 2.45. The van der Waals surface area contributed by atoms with Gasteiger partial charge in [0.15, 0.2) is 0 Å². The highest BCUT2D eigenvalue weighted by atomic mass is 16.5. The Kier molecular flexibility index (Phi) is 1.60. The van der Waals surface area contributed by atoms with Crippen LogP contribution in [0.4, 0.5) is 0 Å². The molecule has 2 fully saturated rings. The summed E-state index contributed by atoms with van der Waals surface area (Å²) in [6.45, 7) is 0. The molecular weight excluding hydrogens is 144 g/mol. The van der Waals surface area contributed by atoms with Crippen LogP contribution in [0.5, 0.6) is 0 Å². The summed E-state index contributed by atoms with van der Waals surface area (Å²) in [4.78, 5) is 10.4. The summed E-state index contributed by atoms with van der Waals surface area (Å²) in [6.07, 6.45) is 4.11. The number of aliphatic carboxylic acids is 1. The molecule has 1 unspecified atom stereocenters. The van der Waals surface area contributed by atoms with Crippen LogP contribution in [-0.4, -0.2) is 23.3 Å². The van der Waals surface area contributed by atoms with Gasteiger partial charge >= 0.3 is 5.97 Å². The standard InChI is InChI=1S/C8H12O3/c9-8(10)4-5-3-6-1-2-7(5)11-6/h5-7H,1-4H2,(H,9,10)/t5?,6-,7+/m0/s1. The number of carboxylic acid groups (broad SMARTS) is 1. The lowest BCUT2D eigenvalue weighted by Gasteiger charge is -2.15.